The number of aliphatic hydroxyl groups is 4. The first-order valence-electron chi connectivity index (χ1n) is 19.8. The molecular weight excluding hydrogens is 752 g/mol. The number of phosphoric acid groups is 2. The van der Waals surface area contributed by atoms with Crippen LogP contribution in [0.25, 0.3) is 0 Å². The summed E-state index contributed by atoms with van der Waals surface area (Å²) in [5.41, 5.74) is 5.50. The zero-order chi connectivity index (χ0) is 40.4. The molecular formula is C35H69NO16P2. The molecule has 17 nitrogen and oxygen atoms in total. The first kappa shape index (κ1) is 51.0. The van der Waals surface area contributed by atoms with Gasteiger partial charge in [-0.3, -0.25) is 23.2 Å². The highest BCUT2D eigenvalue weighted by Gasteiger charge is 2.54. The zero-order valence-electron chi connectivity index (χ0n) is 32.0. The fourth-order valence-electron chi connectivity index (χ4n) is 6.15. The number of esters is 2. The lowest BCUT2D eigenvalue weighted by molar-refractivity contribution is -0.216. The number of carbonyl (C=O) groups excluding carboxylic acids is 2. The molecule has 0 heterocycles. The van der Waals surface area contributed by atoms with E-state index in [1.807, 2.05) is 0 Å². The summed E-state index contributed by atoms with van der Waals surface area (Å²) in [7, 11) is -10.6. The van der Waals surface area contributed by atoms with E-state index in [0.717, 1.165) is 64.2 Å². The monoisotopic (exact) mass is 821 g/mol. The Labute approximate surface area is 320 Å². The van der Waals surface area contributed by atoms with Crippen molar-refractivity contribution in [1.29, 1.82) is 0 Å². The molecule has 0 aromatic carbocycles. The van der Waals surface area contributed by atoms with Gasteiger partial charge in [0.25, 0.3) is 0 Å². The molecule has 1 saturated carbocycles. The molecule has 4 unspecified atom stereocenters. The Hall–Kier alpha value is -1.04. The molecule has 19 heteroatoms. The molecule has 320 valence electrons. The zero-order valence-corrected chi connectivity index (χ0v) is 33.8. The van der Waals surface area contributed by atoms with Gasteiger partial charge in [0.1, 0.15) is 43.2 Å². The van der Waals surface area contributed by atoms with Crippen molar-refractivity contribution in [3.8, 4) is 0 Å². The van der Waals surface area contributed by atoms with E-state index in [4.69, 9.17) is 34.0 Å². The van der Waals surface area contributed by atoms with Crippen LogP contribution in [-0.4, -0.2) is 110 Å². The Kier molecular flexibility index (Phi) is 27.6. The van der Waals surface area contributed by atoms with Crippen molar-refractivity contribution in [2.45, 2.75) is 191 Å². The van der Waals surface area contributed by atoms with Crippen LogP contribution in [-0.2, 0) is 41.8 Å². The van der Waals surface area contributed by atoms with E-state index >= 15 is 0 Å². The summed E-state index contributed by atoms with van der Waals surface area (Å²) in [6, 6.07) is 0. The minimum Gasteiger partial charge on any atom is -0.462 e. The van der Waals surface area contributed by atoms with E-state index in [1.165, 1.54) is 51.4 Å². The van der Waals surface area contributed by atoms with Gasteiger partial charge in [-0.25, -0.2) is 9.13 Å². The predicted molar refractivity (Wildman–Crippen MR) is 199 cm³/mol. The van der Waals surface area contributed by atoms with Crippen LogP contribution in [0.2, 0.25) is 0 Å². The van der Waals surface area contributed by atoms with Crippen molar-refractivity contribution in [2.75, 3.05) is 19.8 Å². The minimum absolute atomic E-state index is 0.0441. The third-order valence-corrected chi connectivity index (χ3v) is 10.8. The number of nitrogens with two attached hydrogens (primary N) is 1. The van der Waals surface area contributed by atoms with Gasteiger partial charge in [-0.05, 0) is 25.8 Å². The maximum Gasteiger partial charge on any atom is 0.472 e. The lowest BCUT2D eigenvalue weighted by Gasteiger charge is -2.43. The summed E-state index contributed by atoms with van der Waals surface area (Å²) in [4.78, 5) is 53.8. The van der Waals surface area contributed by atoms with Gasteiger partial charge in [0.05, 0.1) is 6.61 Å². The first-order chi connectivity index (χ1) is 25.6. The Morgan fingerprint density at radius 3 is 1.46 bits per heavy atom. The lowest BCUT2D eigenvalue weighted by Crippen LogP contribution is -2.64. The molecule has 54 heavy (non-hydrogen) atoms. The van der Waals surface area contributed by atoms with Crippen LogP contribution in [0.1, 0.15) is 148 Å². The van der Waals surface area contributed by atoms with Gasteiger partial charge in [-0.15, -0.1) is 0 Å². The molecule has 9 N–H and O–H groups in total. The fourth-order valence-corrected chi connectivity index (χ4v) is 7.69. The normalized spacial score (nSPS) is 23.5. The average Bonchev–Trinajstić information content (AvgIpc) is 3.11. The lowest BCUT2D eigenvalue weighted by atomic mass is 9.85. The number of aliphatic hydroxyl groups excluding tert-OH is 4. The van der Waals surface area contributed by atoms with Crippen LogP contribution >= 0.6 is 15.6 Å². The number of hydrogen-bond donors (Lipinski definition) is 8. The topological polar surface area (TPSA) is 282 Å². The third kappa shape index (κ3) is 23.9. The van der Waals surface area contributed by atoms with Crippen LogP contribution in [0.15, 0.2) is 0 Å². The number of rotatable bonds is 33. The molecule has 0 amide bonds. The van der Waals surface area contributed by atoms with Gasteiger partial charge in [-0.2, -0.15) is 0 Å². The summed E-state index contributed by atoms with van der Waals surface area (Å²) >= 11 is 0. The molecule has 0 saturated heterocycles. The highest BCUT2D eigenvalue weighted by Crippen LogP contribution is 2.49. The Morgan fingerprint density at radius 1 is 0.574 bits per heavy atom. The number of hydrogen-bond acceptors (Lipinski definition) is 14. The number of ether oxygens (including phenoxy) is 2. The van der Waals surface area contributed by atoms with E-state index in [1.54, 1.807) is 0 Å². The van der Waals surface area contributed by atoms with Crippen LogP contribution in [0.5, 0.6) is 0 Å². The highest BCUT2D eigenvalue weighted by atomic mass is 31.2. The molecule has 0 radical (unpaired) electrons. The maximum absolute atomic E-state index is 12.9. The van der Waals surface area contributed by atoms with Gasteiger partial charge >= 0.3 is 27.6 Å². The Morgan fingerprint density at radius 2 is 1.00 bits per heavy atom. The molecule has 0 spiro atoms. The molecule has 1 fully saturated rings. The van der Waals surface area contributed by atoms with Crippen LogP contribution in [0.4, 0.5) is 0 Å². The second kappa shape index (κ2) is 29.2. The quantitative estimate of drug-likeness (QED) is 0.0258. The van der Waals surface area contributed by atoms with E-state index < -0.39 is 83.5 Å². The van der Waals surface area contributed by atoms with E-state index in [9.17, 15) is 44.0 Å². The molecule has 1 aliphatic rings. The molecule has 0 aromatic rings. The molecule has 1 aliphatic carbocycles. The minimum atomic E-state index is -5.35. The molecule has 8 atom stereocenters. The highest BCUT2D eigenvalue weighted by molar-refractivity contribution is 7.47. The predicted octanol–water partition coefficient (Wildman–Crippen LogP) is 4.44. The molecule has 0 bridgehead atoms. The molecule has 0 aliphatic heterocycles. The summed E-state index contributed by atoms with van der Waals surface area (Å²) in [6.07, 6.45) is 6.43. The first-order valence-corrected chi connectivity index (χ1v) is 22.8. The van der Waals surface area contributed by atoms with Gasteiger partial charge < -0.3 is 50.3 Å². The second-order valence-electron chi connectivity index (χ2n) is 14.2. The van der Waals surface area contributed by atoms with Crippen molar-refractivity contribution in [3.05, 3.63) is 0 Å². The van der Waals surface area contributed by atoms with Crippen LogP contribution < -0.4 is 5.73 Å². The van der Waals surface area contributed by atoms with Crippen LogP contribution in [0.3, 0.4) is 0 Å². The number of phosphoric ester groups is 2. The number of carbonyl (C=O) groups is 2. The fraction of sp³-hybridized carbons (Fsp3) is 0.943. The van der Waals surface area contributed by atoms with Gasteiger partial charge in [-0.1, -0.05) is 116 Å². The smallest absolute Gasteiger partial charge is 0.462 e. The summed E-state index contributed by atoms with van der Waals surface area (Å²) < 4.78 is 49.0. The van der Waals surface area contributed by atoms with Crippen molar-refractivity contribution in [2.24, 2.45) is 5.73 Å². The van der Waals surface area contributed by atoms with E-state index in [-0.39, 0.29) is 12.8 Å². The second-order valence-corrected chi connectivity index (χ2v) is 16.8. The van der Waals surface area contributed by atoms with Crippen molar-refractivity contribution < 1.29 is 76.9 Å². The van der Waals surface area contributed by atoms with Crippen molar-refractivity contribution in [3.63, 3.8) is 0 Å². The van der Waals surface area contributed by atoms with Gasteiger partial charge in [0.15, 0.2) is 6.10 Å². The summed E-state index contributed by atoms with van der Waals surface area (Å²) in [5.74, 6) is -1.23. The maximum atomic E-state index is 12.9. The van der Waals surface area contributed by atoms with E-state index in [2.05, 4.69) is 11.4 Å². The third-order valence-electron chi connectivity index (χ3n) is 9.28. The molecule has 1 rings (SSSR count). The van der Waals surface area contributed by atoms with Crippen molar-refractivity contribution in [1.82, 2.24) is 0 Å². The average molecular weight is 822 g/mol. The van der Waals surface area contributed by atoms with Gasteiger partial charge in [0, 0.05) is 12.8 Å². The standard InChI is InChI=1S/C35H69NO16P2/c1-2-3-4-5-6-7-8-9-10-11-13-17-20-23-29(38)50-27(25-48-28(37)22-19-16-14-12-15-18-21-24-36)26-49-54(46,47)52-35-32(41)30(39)31(40)34(33(35)42)51-53(43,44)45/h27,30-35,39-42H,2-26,36H2,1H3,(H,46,47)(H2,43,44,45)/t27-,30+,31?,32+,33?,34-,35?/m0/s1. The SMILES string of the molecule is CCCCCCCCCCCCCCCC(=O)O[C@@H](COC(=O)CCCCCCCCCN)COP(=O)(O)OC1C(O)[C@@H](OP(=O)(O)O)C(O)[C@@H](O)[C@H]1O. The summed E-state index contributed by atoms with van der Waals surface area (Å²) in [5, 5.41) is 41.0. The van der Waals surface area contributed by atoms with Crippen molar-refractivity contribution >= 4 is 27.6 Å². The Bertz CT molecular complexity index is 1100. The molecule has 0 aromatic heterocycles. The Balaban J connectivity index is 2.67. The summed E-state index contributed by atoms with van der Waals surface area (Å²) in [6.45, 7) is 1.52. The largest absolute Gasteiger partial charge is 0.472 e. The number of unbranched alkanes of at least 4 members (excludes halogenated alkanes) is 18. The van der Waals surface area contributed by atoms with E-state index in [0.29, 0.717) is 19.4 Å². The van der Waals surface area contributed by atoms with Crippen LogP contribution in [0, 0.1) is 0 Å². The van der Waals surface area contributed by atoms with Gasteiger partial charge in [0.2, 0.25) is 0 Å².